The van der Waals surface area contributed by atoms with Gasteiger partial charge in [-0.2, -0.15) is 13.2 Å². The van der Waals surface area contributed by atoms with Crippen LogP contribution >= 0.6 is 15.9 Å². The Morgan fingerprint density at radius 3 is 2.57 bits per heavy atom. The molecule has 3 nitrogen and oxygen atoms in total. The summed E-state index contributed by atoms with van der Waals surface area (Å²) in [6, 6.07) is -1.21. The van der Waals surface area contributed by atoms with Crippen molar-refractivity contribution in [1.29, 1.82) is 0 Å². The normalized spacial score (nSPS) is 14.1. The van der Waals surface area contributed by atoms with Crippen molar-refractivity contribution in [3.8, 4) is 0 Å². The quantitative estimate of drug-likeness (QED) is 0.816. The average molecular weight is 271 g/mol. The van der Waals surface area contributed by atoms with Crippen molar-refractivity contribution in [3.63, 3.8) is 0 Å². The van der Waals surface area contributed by atoms with E-state index in [1.165, 1.54) is 6.20 Å². The van der Waals surface area contributed by atoms with Crippen LogP contribution < -0.4 is 11.3 Å². The molecule has 1 unspecified atom stereocenters. The Morgan fingerprint density at radius 2 is 2.07 bits per heavy atom. The van der Waals surface area contributed by atoms with E-state index in [0.717, 1.165) is 6.07 Å². The van der Waals surface area contributed by atoms with E-state index in [0.29, 0.717) is 4.47 Å². The predicted octanol–water partition coefficient (Wildman–Crippen LogP) is 1.70. The summed E-state index contributed by atoms with van der Waals surface area (Å²) in [7, 11) is 0. The lowest BCUT2D eigenvalue weighted by atomic mass is 10.1. The lowest BCUT2D eigenvalue weighted by Crippen LogP contribution is -2.33. The summed E-state index contributed by atoms with van der Waals surface area (Å²) in [5.41, 5.74) is 3.53. The molecule has 0 bridgehead atoms. The second kappa shape index (κ2) is 3.74. The van der Waals surface area contributed by atoms with Crippen molar-refractivity contribution >= 4 is 15.9 Å². The number of nitrogens with one attached hydrogen (secondary N) is 1. The molecule has 3 N–H and O–H groups in total. The maximum atomic E-state index is 12.2. The van der Waals surface area contributed by atoms with Gasteiger partial charge in [0, 0.05) is 16.2 Å². The molecule has 0 saturated heterocycles. The third-order valence-electron chi connectivity index (χ3n) is 1.58. The fourth-order valence-electron chi connectivity index (χ4n) is 0.881. The van der Waals surface area contributed by atoms with Gasteiger partial charge in [-0.25, -0.2) is 0 Å². The van der Waals surface area contributed by atoms with Gasteiger partial charge in [0.15, 0.2) is 0 Å². The molecule has 1 rings (SSSR count). The molecular formula is C7H6BrF3N2O. The van der Waals surface area contributed by atoms with Crippen molar-refractivity contribution in [1.82, 2.24) is 4.98 Å². The fourth-order valence-corrected chi connectivity index (χ4v) is 1.24. The zero-order valence-corrected chi connectivity index (χ0v) is 8.32. The van der Waals surface area contributed by atoms with Crippen LogP contribution in [-0.2, 0) is 0 Å². The molecule has 1 aromatic heterocycles. The lowest BCUT2D eigenvalue weighted by molar-refractivity contribution is -0.149. The Kier molecular flexibility index (Phi) is 3.01. The summed E-state index contributed by atoms with van der Waals surface area (Å²) in [4.78, 5) is 13.1. The second-order valence-corrected chi connectivity index (χ2v) is 3.54. The molecule has 1 atom stereocenters. The topological polar surface area (TPSA) is 58.9 Å². The van der Waals surface area contributed by atoms with E-state index in [4.69, 9.17) is 5.73 Å². The zero-order valence-electron chi connectivity index (χ0n) is 6.73. The van der Waals surface area contributed by atoms with Gasteiger partial charge < -0.3 is 10.7 Å². The summed E-state index contributed by atoms with van der Waals surface area (Å²) in [5, 5.41) is 0. The third kappa shape index (κ3) is 2.36. The Hall–Kier alpha value is -0.820. The van der Waals surface area contributed by atoms with Crippen LogP contribution in [0.2, 0.25) is 0 Å². The van der Waals surface area contributed by atoms with E-state index in [1.807, 2.05) is 0 Å². The van der Waals surface area contributed by atoms with Gasteiger partial charge in [0.2, 0.25) is 0 Å². The summed E-state index contributed by atoms with van der Waals surface area (Å²) in [6.07, 6.45) is -3.37. The SMILES string of the molecule is NC(c1cc(Br)c[nH]c1=O)C(F)(F)F. The molecule has 1 aromatic rings. The summed E-state index contributed by atoms with van der Waals surface area (Å²) in [6.45, 7) is 0. The first-order valence-corrected chi connectivity index (χ1v) is 4.32. The number of pyridine rings is 1. The first-order chi connectivity index (χ1) is 6.32. The van der Waals surface area contributed by atoms with Crippen LogP contribution in [0.5, 0.6) is 0 Å². The molecule has 1 heterocycles. The Bertz CT molecular complexity index is 387. The van der Waals surface area contributed by atoms with E-state index in [2.05, 4.69) is 20.9 Å². The maximum absolute atomic E-state index is 12.2. The minimum atomic E-state index is -4.62. The number of H-pyrrole nitrogens is 1. The summed E-state index contributed by atoms with van der Waals surface area (Å²) < 4.78 is 36.8. The van der Waals surface area contributed by atoms with Gasteiger partial charge in [-0.1, -0.05) is 0 Å². The molecule has 0 fully saturated rings. The summed E-state index contributed by atoms with van der Waals surface area (Å²) in [5.74, 6) is 0. The highest BCUT2D eigenvalue weighted by molar-refractivity contribution is 9.10. The van der Waals surface area contributed by atoms with Gasteiger partial charge >= 0.3 is 6.18 Å². The van der Waals surface area contributed by atoms with Crippen LogP contribution in [0.1, 0.15) is 11.6 Å². The van der Waals surface area contributed by atoms with E-state index in [1.54, 1.807) is 0 Å². The van der Waals surface area contributed by atoms with Crippen LogP contribution in [0.15, 0.2) is 21.5 Å². The van der Waals surface area contributed by atoms with Crippen molar-refractivity contribution in [3.05, 3.63) is 32.7 Å². The molecule has 78 valence electrons. The van der Waals surface area contributed by atoms with Crippen molar-refractivity contribution in [2.75, 3.05) is 0 Å². The van der Waals surface area contributed by atoms with Gasteiger partial charge in [-0.15, -0.1) is 0 Å². The highest BCUT2D eigenvalue weighted by atomic mass is 79.9. The molecule has 0 aliphatic heterocycles. The van der Waals surface area contributed by atoms with E-state index in [-0.39, 0.29) is 0 Å². The molecule has 0 aromatic carbocycles. The Balaban J connectivity index is 3.19. The monoisotopic (exact) mass is 270 g/mol. The number of halogens is 4. The van der Waals surface area contributed by atoms with Gasteiger partial charge in [0.25, 0.3) is 5.56 Å². The molecule has 0 saturated carbocycles. The number of aromatic amines is 1. The molecule has 14 heavy (non-hydrogen) atoms. The van der Waals surface area contributed by atoms with E-state index >= 15 is 0 Å². The number of alkyl halides is 3. The van der Waals surface area contributed by atoms with Crippen molar-refractivity contribution < 1.29 is 13.2 Å². The number of nitrogens with two attached hydrogens (primary N) is 1. The van der Waals surface area contributed by atoms with Crippen molar-refractivity contribution in [2.45, 2.75) is 12.2 Å². The smallest absolute Gasteiger partial charge is 0.328 e. The minimum absolute atomic E-state index is 0.340. The molecule has 0 spiro atoms. The lowest BCUT2D eigenvalue weighted by Gasteiger charge is -2.14. The maximum Gasteiger partial charge on any atom is 0.407 e. The van der Waals surface area contributed by atoms with Crippen LogP contribution in [0, 0.1) is 0 Å². The first kappa shape index (κ1) is 11.3. The van der Waals surface area contributed by atoms with Crippen LogP contribution in [0.3, 0.4) is 0 Å². The number of hydrogen-bond donors (Lipinski definition) is 2. The second-order valence-electron chi connectivity index (χ2n) is 2.62. The Labute approximate surface area is 85.2 Å². The third-order valence-corrected chi connectivity index (χ3v) is 2.04. The van der Waals surface area contributed by atoms with Crippen molar-refractivity contribution in [2.24, 2.45) is 5.73 Å². The fraction of sp³-hybridized carbons (Fsp3) is 0.286. The predicted molar refractivity (Wildman–Crippen MR) is 47.7 cm³/mol. The molecule has 0 amide bonds. The minimum Gasteiger partial charge on any atom is -0.328 e. The number of aromatic nitrogens is 1. The number of hydrogen-bond acceptors (Lipinski definition) is 2. The standard InChI is InChI=1S/C7H6BrF3N2O/c8-3-1-4(6(14)13-2-3)5(12)7(9,10)11/h1-2,5H,12H2,(H,13,14). The van der Waals surface area contributed by atoms with Gasteiger partial charge in [-0.3, -0.25) is 4.79 Å². The van der Waals surface area contributed by atoms with Gasteiger partial charge in [0.1, 0.15) is 6.04 Å². The van der Waals surface area contributed by atoms with Gasteiger partial charge in [0.05, 0.1) is 0 Å². The largest absolute Gasteiger partial charge is 0.407 e. The number of rotatable bonds is 1. The van der Waals surface area contributed by atoms with Gasteiger partial charge in [-0.05, 0) is 22.0 Å². The van der Waals surface area contributed by atoms with Crippen LogP contribution in [-0.4, -0.2) is 11.2 Å². The Morgan fingerprint density at radius 1 is 1.50 bits per heavy atom. The highest BCUT2D eigenvalue weighted by Gasteiger charge is 2.39. The highest BCUT2D eigenvalue weighted by Crippen LogP contribution is 2.29. The average Bonchev–Trinajstić information content (AvgIpc) is 2.06. The van der Waals surface area contributed by atoms with Crippen LogP contribution in [0.4, 0.5) is 13.2 Å². The molecule has 7 heteroatoms. The molecule has 0 aliphatic carbocycles. The molecule has 0 radical (unpaired) electrons. The first-order valence-electron chi connectivity index (χ1n) is 3.53. The summed E-state index contributed by atoms with van der Waals surface area (Å²) >= 11 is 2.94. The molecular weight excluding hydrogens is 265 g/mol. The van der Waals surface area contributed by atoms with E-state index < -0.39 is 23.3 Å². The zero-order chi connectivity index (χ0) is 10.9. The van der Waals surface area contributed by atoms with E-state index in [9.17, 15) is 18.0 Å². The van der Waals surface area contributed by atoms with Crippen LogP contribution in [0.25, 0.3) is 0 Å². The molecule has 0 aliphatic rings.